The largest absolute Gasteiger partial charge is 0.394 e. The molecule has 1 saturated heterocycles. The number of alkyl halides is 3. The van der Waals surface area contributed by atoms with Crippen LogP contribution in [0.1, 0.15) is 6.23 Å². The van der Waals surface area contributed by atoms with E-state index in [0.717, 1.165) is 10.8 Å². The molecule has 4 atom stereocenters. The van der Waals surface area contributed by atoms with Crippen LogP contribution in [0.4, 0.5) is 19.1 Å². The maximum atomic E-state index is 13.9. The second-order valence-electron chi connectivity index (χ2n) is 5.27. The van der Waals surface area contributed by atoms with Crippen molar-refractivity contribution in [3.63, 3.8) is 0 Å². The van der Waals surface area contributed by atoms with Gasteiger partial charge in [-0.1, -0.05) is 0 Å². The Kier molecular flexibility index (Phi) is 4.19. The molecule has 3 heterocycles. The van der Waals surface area contributed by atoms with Crippen LogP contribution in [-0.4, -0.2) is 60.7 Å². The molecule has 9 nitrogen and oxygen atoms in total. The number of ether oxygens (including phenoxy) is 1. The summed E-state index contributed by atoms with van der Waals surface area (Å²) in [4.78, 5) is 19.9. The van der Waals surface area contributed by atoms with Gasteiger partial charge in [-0.15, -0.1) is 0 Å². The van der Waals surface area contributed by atoms with Crippen LogP contribution in [0.3, 0.4) is 0 Å². The Bertz CT molecular complexity index is 810. The number of nitrogens with zero attached hydrogens (tertiary/aromatic N) is 4. The van der Waals surface area contributed by atoms with E-state index in [-0.39, 0.29) is 17.1 Å². The molecule has 3 rings (SSSR count). The highest BCUT2D eigenvalue weighted by Gasteiger charge is 2.46. The van der Waals surface area contributed by atoms with Gasteiger partial charge < -0.3 is 20.7 Å². The summed E-state index contributed by atoms with van der Waals surface area (Å²) in [5.74, 6) is -0.242. The molecule has 4 N–H and O–H groups in total. The van der Waals surface area contributed by atoms with E-state index >= 15 is 0 Å². The summed E-state index contributed by atoms with van der Waals surface area (Å²) in [6, 6.07) is 0. The molecule has 2 aromatic rings. The van der Waals surface area contributed by atoms with E-state index < -0.39 is 49.9 Å². The summed E-state index contributed by atoms with van der Waals surface area (Å²) >= 11 is 0. The second-order valence-corrected chi connectivity index (χ2v) is 5.27. The van der Waals surface area contributed by atoms with Gasteiger partial charge in [0, 0.05) is 0 Å². The number of hydrogen-bond donors (Lipinski definition) is 3. The van der Waals surface area contributed by atoms with Gasteiger partial charge >= 0.3 is 5.69 Å². The SMILES string of the molecule is Nc1ncc2c(n1)n([C@@H]1O[C@H](CO)[C@@H](F)[C@H]1O)c(=O)n2CC(F)F. The molecule has 12 heteroatoms. The Labute approximate surface area is 132 Å². The van der Waals surface area contributed by atoms with Gasteiger partial charge in [0.2, 0.25) is 5.95 Å². The van der Waals surface area contributed by atoms with Gasteiger partial charge in [0.05, 0.1) is 19.3 Å². The first-order valence-electron chi connectivity index (χ1n) is 6.95. The zero-order valence-corrected chi connectivity index (χ0v) is 12.1. The lowest BCUT2D eigenvalue weighted by Crippen LogP contribution is -2.34. The molecule has 0 amide bonds. The Morgan fingerprint density at radius 2 is 2.17 bits per heavy atom. The van der Waals surface area contributed by atoms with Crippen molar-refractivity contribution in [1.29, 1.82) is 0 Å². The van der Waals surface area contributed by atoms with Crippen molar-refractivity contribution in [3.8, 4) is 0 Å². The topological polar surface area (TPSA) is 128 Å². The monoisotopic (exact) mass is 349 g/mol. The van der Waals surface area contributed by atoms with Gasteiger partial charge in [-0.3, -0.25) is 4.57 Å². The molecule has 0 bridgehead atoms. The van der Waals surface area contributed by atoms with Crippen LogP contribution in [0, 0.1) is 0 Å². The van der Waals surface area contributed by atoms with E-state index in [0.29, 0.717) is 4.57 Å². The van der Waals surface area contributed by atoms with Crippen LogP contribution in [0.25, 0.3) is 11.2 Å². The third kappa shape index (κ3) is 2.52. The molecule has 1 aliphatic rings. The molecular formula is C12H14F3N5O4. The van der Waals surface area contributed by atoms with Crippen LogP contribution in [0.5, 0.6) is 0 Å². The lowest BCUT2D eigenvalue weighted by molar-refractivity contribution is -0.0515. The minimum absolute atomic E-state index is 0.0619. The molecular weight excluding hydrogens is 335 g/mol. The number of rotatable bonds is 4. The van der Waals surface area contributed by atoms with E-state index in [1.54, 1.807) is 0 Å². The molecule has 132 valence electrons. The molecule has 1 aliphatic heterocycles. The molecule has 0 radical (unpaired) electrons. The van der Waals surface area contributed by atoms with Gasteiger partial charge in [-0.05, 0) is 0 Å². The van der Waals surface area contributed by atoms with Crippen molar-refractivity contribution in [2.45, 2.75) is 37.6 Å². The number of aliphatic hydroxyl groups excluding tert-OH is 2. The van der Waals surface area contributed by atoms with Crippen molar-refractivity contribution < 1.29 is 28.1 Å². The third-order valence-electron chi connectivity index (χ3n) is 3.77. The molecule has 1 fully saturated rings. The Hall–Kier alpha value is -2.18. The fourth-order valence-electron chi connectivity index (χ4n) is 2.68. The maximum Gasteiger partial charge on any atom is 0.332 e. The zero-order chi connectivity index (χ0) is 17.6. The normalized spacial score (nSPS) is 27.4. The molecule has 2 aromatic heterocycles. The summed E-state index contributed by atoms with van der Waals surface area (Å²) in [5.41, 5.74) is 4.23. The Morgan fingerprint density at radius 1 is 1.46 bits per heavy atom. The molecule has 0 aliphatic carbocycles. The average molecular weight is 349 g/mol. The van der Waals surface area contributed by atoms with Crippen molar-refractivity contribution in [1.82, 2.24) is 19.1 Å². The highest BCUT2D eigenvalue weighted by atomic mass is 19.3. The highest BCUT2D eigenvalue weighted by molar-refractivity contribution is 5.72. The van der Waals surface area contributed by atoms with Crippen molar-refractivity contribution in [3.05, 3.63) is 16.7 Å². The van der Waals surface area contributed by atoms with Gasteiger partial charge in [-0.2, -0.15) is 4.98 Å². The number of hydrogen-bond acceptors (Lipinski definition) is 7. The fraction of sp³-hybridized carbons (Fsp3) is 0.583. The molecule has 24 heavy (non-hydrogen) atoms. The first-order valence-corrected chi connectivity index (χ1v) is 6.95. The number of anilines is 1. The van der Waals surface area contributed by atoms with E-state index in [4.69, 9.17) is 15.6 Å². The van der Waals surface area contributed by atoms with E-state index in [9.17, 15) is 23.1 Å². The van der Waals surface area contributed by atoms with E-state index in [2.05, 4.69) is 9.97 Å². The summed E-state index contributed by atoms with van der Waals surface area (Å²) in [6.07, 6.45) is -8.41. The van der Waals surface area contributed by atoms with Gasteiger partial charge in [0.15, 0.2) is 18.0 Å². The number of nitrogen functional groups attached to an aromatic ring is 1. The number of halogens is 3. The van der Waals surface area contributed by atoms with E-state index in [1.165, 1.54) is 0 Å². The number of imidazole rings is 1. The minimum Gasteiger partial charge on any atom is -0.394 e. The van der Waals surface area contributed by atoms with Gasteiger partial charge in [0.1, 0.15) is 17.7 Å². The van der Waals surface area contributed by atoms with Crippen LogP contribution < -0.4 is 11.4 Å². The van der Waals surface area contributed by atoms with Crippen molar-refractivity contribution in [2.24, 2.45) is 0 Å². The van der Waals surface area contributed by atoms with E-state index in [1.807, 2.05) is 0 Å². The summed E-state index contributed by atoms with van der Waals surface area (Å²) in [5, 5.41) is 19.0. The minimum atomic E-state index is -2.84. The third-order valence-corrected chi connectivity index (χ3v) is 3.77. The maximum absolute atomic E-state index is 13.9. The molecule has 0 unspecified atom stereocenters. The first-order chi connectivity index (χ1) is 11.3. The first kappa shape index (κ1) is 16.7. The van der Waals surface area contributed by atoms with Crippen LogP contribution >= 0.6 is 0 Å². The van der Waals surface area contributed by atoms with Crippen LogP contribution in [0.15, 0.2) is 11.0 Å². The second kappa shape index (κ2) is 6.03. The Morgan fingerprint density at radius 3 is 2.75 bits per heavy atom. The zero-order valence-electron chi connectivity index (χ0n) is 12.1. The number of fused-ring (bicyclic) bond motifs is 1. The Balaban J connectivity index is 2.19. The quantitative estimate of drug-likeness (QED) is 0.648. The smallest absolute Gasteiger partial charge is 0.332 e. The van der Waals surface area contributed by atoms with Crippen LogP contribution in [0.2, 0.25) is 0 Å². The standard InChI is InChI=1S/C12H14F3N5O4/c13-6(14)2-19-4-1-17-11(16)18-9(4)20(12(19)23)10-8(22)7(15)5(3-21)24-10/h1,5-8,10,21-22H,2-3H2,(H2,16,17,18)/t5-,7-,8-,10-/m1/s1. The summed E-state index contributed by atoms with van der Waals surface area (Å²) < 4.78 is 46.0. The lowest BCUT2D eigenvalue weighted by Gasteiger charge is -2.15. The molecule has 0 aromatic carbocycles. The average Bonchev–Trinajstić information content (AvgIpc) is 2.95. The van der Waals surface area contributed by atoms with Crippen LogP contribution in [-0.2, 0) is 11.3 Å². The van der Waals surface area contributed by atoms with Gasteiger partial charge in [0.25, 0.3) is 6.43 Å². The fourth-order valence-corrected chi connectivity index (χ4v) is 2.68. The lowest BCUT2D eigenvalue weighted by atomic mass is 10.1. The highest BCUT2D eigenvalue weighted by Crippen LogP contribution is 2.32. The predicted octanol–water partition coefficient (Wildman–Crippen LogP) is -0.971. The molecule has 0 saturated carbocycles. The number of nitrogens with two attached hydrogens (primary N) is 1. The summed E-state index contributed by atoms with van der Waals surface area (Å²) in [6.45, 7) is -1.67. The predicted molar refractivity (Wildman–Crippen MR) is 74.1 cm³/mol. The van der Waals surface area contributed by atoms with Gasteiger partial charge in [-0.25, -0.2) is 27.5 Å². The number of aliphatic hydroxyl groups is 2. The number of aromatic nitrogens is 4. The molecule has 0 spiro atoms. The van der Waals surface area contributed by atoms with Crippen molar-refractivity contribution in [2.75, 3.05) is 12.3 Å². The summed E-state index contributed by atoms with van der Waals surface area (Å²) in [7, 11) is 0. The van der Waals surface area contributed by atoms with Crippen molar-refractivity contribution >= 4 is 17.1 Å².